The Balaban J connectivity index is 1.80. The number of ether oxygens (including phenoxy) is 1. The van der Waals surface area contributed by atoms with Crippen LogP contribution in [0.25, 0.3) is 0 Å². The minimum Gasteiger partial charge on any atom is -0.471 e. The lowest BCUT2D eigenvalue weighted by molar-refractivity contribution is 0.157. The SMILES string of the molecule is Cc1ccc(S(=O)(=O)N2[C@H](c3ccc(Cl)cc3)[C@H](Oc3ccccc3)S2(=O)=O)cc1. The molecular formula is C21H18ClNO5S2. The third-order valence-corrected chi connectivity index (χ3v) is 9.49. The van der Waals surface area contributed by atoms with Crippen LogP contribution in [0, 0.1) is 6.92 Å². The molecule has 0 bridgehead atoms. The van der Waals surface area contributed by atoms with Crippen molar-refractivity contribution in [3.05, 3.63) is 95.0 Å². The van der Waals surface area contributed by atoms with E-state index in [9.17, 15) is 16.8 Å². The Morgan fingerprint density at radius 3 is 2.10 bits per heavy atom. The highest BCUT2D eigenvalue weighted by molar-refractivity contribution is 8.05. The first-order chi connectivity index (χ1) is 14.2. The first-order valence-electron chi connectivity index (χ1n) is 9.03. The Labute approximate surface area is 180 Å². The molecule has 0 aromatic heterocycles. The van der Waals surface area contributed by atoms with Crippen LogP contribution in [0.1, 0.15) is 17.2 Å². The molecule has 3 aromatic rings. The Hall–Kier alpha value is -2.39. The van der Waals surface area contributed by atoms with Crippen LogP contribution in [0.5, 0.6) is 5.75 Å². The van der Waals surface area contributed by atoms with Gasteiger partial charge in [-0.2, -0.15) is 0 Å². The van der Waals surface area contributed by atoms with Crippen molar-refractivity contribution >= 4 is 31.6 Å². The van der Waals surface area contributed by atoms with Crippen molar-refractivity contribution in [3.8, 4) is 5.75 Å². The van der Waals surface area contributed by atoms with Crippen molar-refractivity contribution in [1.29, 1.82) is 0 Å². The predicted octanol–water partition coefficient (Wildman–Crippen LogP) is 4.13. The molecule has 0 saturated carbocycles. The molecule has 4 rings (SSSR count). The second kappa shape index (κ2) is 7.70. The predicted molar refractivity (Wildman–Crippen MR) is 114 cm³/mol. The quantitative estimate of drug-likeness (QED) is 0.568. The van der Waals surface area contributed by atoms with E-state index in [2.05, 4.69) is 0 Å². The maximum Gasteiger partial charge on any atom is 0.268 e. The zero-order valence-corrected chi connectivity index (χ0v) is 18.2. The van der Waals surface area contributed by atoms with Gasteiger partial charge in [0.05, 0.1) is 4.90 Å². The van der Waals surface area contributed by atoms with Crippen LogP contribution in [0.2, 0.25) is 5.02 Å². The van der Waals surface area contributed by atoms with Gasteiger partial charge in [0.15, 0.2) is 0 Å². The maximum absolute atomic E-state index is 13.3. The van der Waals surface area contributed by atoms with Crippen LogP contribution in [0.15, 0.2) is 83.8 Å². The number of nitrogens with zero attached hydrogens (tertiary/aromatic N) is 1. The van der Waals surface area contributed by atoms with Crippen LogP contribution < -0.4 is 4.74 Å². The van der Waals surface area contributed by atoms with Gasteiger partial charge in [-0.3, -0.25) is 0 Å². The summed E-state index contributed by atoms with van der Waals surface area (Å²) in [6.07, 6.45) is 0. The summed E-state index contributed by atoms with van der Waals surface area (Å²) < 4.78 is 58.9. The van der Waals surface area contributed by atoms with Gasteiger partial charge in [-0.25, -0.2) is 16.8 Å². The lowest BCUT2D eigenvalue weighted by Gasteiger charge is -2.44. The van der Waals surface area contributed by atoms with Gasteiger partial charge in [-0.1, -0.05) is 63.3 Å². The fourth-order valence-corrected chi connectivity index (χ4v) is 7.68. The minimum atomic E-state index is -4.33. The van der Waals surface area contributed by atoms with Gasteiger partial charge >= 0.3 is 0 Å². The first kappa shape index (κ1) is 20.9. The number of para-hydroxylation sites is 1. The number of rotatable bonds is 5. The summed E-state index contributed by atoms with van der Waals surface area (Å²) in [6, 6.07) is 19.7. The monoisotopic (exact) mass is 463 g/mol. The molecule has 3 aromatic carbocycles. The van der Waals surface area contributed by atoms with Gasteiger partial charge < -0.3 is 4.74 Å². The van der Waals surface area contributed by atoms with Crippen molar-refractivity contribution in [2.75, 3.05) is 0 Å². The first-order valence-corrected chi connectivity index (χ1v) is 12.4. The molecule has 0 unspecified atom stereocenters. The Morgan fingerprint density at radius 1 is 0.900 bits per heavy atom. The summed E-state index contributed by atoms with van der Waals surface area (Å²) in [7, 11) is -8.62. The lowest BCUT2D eigenvalue weighted by Crippen LogP contribution is -2.62. The summed E-state index contributed by atoms with van der Waals surface area (Å²) in [5, 5.41) is 0.453. The molecule has 9 heteroatoms. The van der Waals surface area contributed by atoms with Crippen molar-refractivity contribution in [2.45, 2.75) is 23.3 Å². The van der Waals surface area contributed by atoms with Gasteiger partial charge in [0.1, 0.15) is 11.8 Å². The second-order valence-electron chi connectivity index (χ2n) is 6.88. The average molecular weight is 464 g/mol. The summed E-state index contributed by atoms with van der Waals surface area (Å²) in [5.74, 6) is 0.331. The molecule has 30 heavy (non-hydrogen) atoms. The Morgan fingerprint density at radius 2 is 1.50 bits per heavy atom. The molecule has 0 radical (unpaired) electrons. The number of sulfonamides is 2. The summed E-state index contributed by atoms with van der Waals surface area (Å²) in [4.78, 5) is -0.103. The number of aryl methyl sites for hydroxylation is 1. The normalized spacial score (nSPS) is 21.0. The molecule has 1 aliphatic rings. The maximum atomic E-state index is 13.3. The van der Waals surface area contributed by atoms with Crippen LogP contribution in [0.3, 0.4) is 0 Å². The molecule has 1 saturated heterocycles. The van der Waals surface area contributed by atoms with E-state index in [1.807, 2.05) is 6.92 Å². The number of hydrogen-bond acceptors (Lipinski definition) is 5. The number of benzene rings is 3. The molecule has 156 valence electrons. The van der Waals surface area contributed by atoms with E-state index in [-0.39, 0.29) is 4.90 Å². The van der Waals surface area contributed by atoms with Crippen LogP contribution >= 0.6 is 11.6 Å². The third kappa shape index (κ3) is 3.60. The summed E-state index contributed by atoms with van der Waals surface area (Å²) in [6.45, 7) is 1.82. The molecule has 0 amide bonds. The number of halogens is 1. The van der Waals surface area contributed by atoms with Crippen molar-refractivity contribution in [1.82, 2.24) is 3.71 Å². The van der Waals surface area contributed by atoms with E-state index < -0.39 is 31.5 Å². The largest absolute Gasteiger partial charge is 0.471 e. The fourth-order valence-electron chi connectivity index (χ4n) is 3.26. The highest BCUT2D eigenvalue weighted by atomic mass is 35.5. The molecule has 1 fully saturated rings. The lowest BCUT2D eigenvalue weighted by atomic mass is 10.1. The van der Waals surface area contributed by atoms with E-state index in [0.717, 1.165) is 5.56 Å². The highest BCUT2D eigenvalue weighted by Gasteiger charge is 2.62. The van der Waals surface area contributed by atoms with Crippen molar-refractivity contribution < 1.29 is 21.6 Å². The van der Waals surface area contributed by atoms with Crippen molar-refractivity contribution in [3.63, 3.8) is 0 Å². The standard InChI is InChI=1S/C21H18ClNO5S2/c1-15-7-13-19(14-8-15)29(24,25)23-20(16-9-11-17(22)12-10-16)21(30(23,26)27)28-18-5-3-2-4-6-18/h2-14,20-21H,1H3/t20-,21-/m1/s1. The van der Waals surface area contributed by atoms with Crippen LogP contribution in [0.4, 0.5) is 0 Å². The van der Waals surface area contributed by atoms with Gasteiger partial charge in [-0.15, -0.1) is 0 Å². The second-order valence-corrected chi connectivity index (χ2v) is 11.3. The summed E-state index contributed by atoms with van der Waals surface area (Å²) >= 11 is 5.96. The molecule has 6 nitrogen and oxygen atoms in total. The van der Waals surface area contributed by atoms with E-state index in [4.69, 9.17) is 16.3 Å². The molecule has 1 heterocycles. The minimum absolute atomic E-state index is 0.103. The van der Waals surface area contributed by atoms with E-state index in [0.29, 0.717) is 20.0 Å². The fraction of sp³-hybridized carbons (Fsp3) is 0.143. The van der Waals surface area contributed by atoms with Gasteiger partial charge in [0.25, 0.3) is 20.0 Å². The molecule has 0 spiro atoms. The van der Waals surface area contributed by atoms with E-state index >= 15 is 0 Å². The van der Waals surface area contributed by atoms with Gasteiger partial charge in [0.2, 0.25) is 5.44 Å². The molecule has 1 aliphatic heterocycles. The Kier molecular flexibility index (Phi) is 5.36. The van der Waals surface area contributed by atoms with Gasteiger partial charge in [-0.05, 0) is 48.9 Å². The van der Waals surface area contributed by atoms with E-state index in [1.165, 1.54) is 12.1 Å². The van der Waals surface area contributed by atoms with Crippen LogP contribution in [-0.4, -0.2) is 26.0 Å². The highest BCUT2D eigenvalue weighted by Crippen LogP contribution is 2.47. The molecular weight excluding hydrogens is 446 g/mol. The average Bonchev–Trinajstić information content (AvgIpc) is 2.72. The zero-order valence-electron chi connectivity index (χ0n) is 15.8. The zero-order chi connectivity index (χ0) is 21.5. The van der Waals surface area contributed by atoms with Crippen LogP contribution in [-0.2, 0) is 20.0 Å². The molecule has 0 aliphatic carbocycles. The van der Waals surface area contributed by atoms with Crippen molar-refractivity contribution in [2.24, 2.45) is 0 Å². The number of hydrogen-bond donors (Lipinski definition) is 0. The molecule has 2 atom stereocenters. The summed E-state index contributed by atoms with van der Waals surface area (Å²) in [5.41, 5.74) is -0.0629. The van der Waals surface area contributed by atoms with Gasteiger partial charge in [0, 0.05) is 5.02 Å². The smallest absolute Gasteiger partial charge is 0.268 e. The third-order valence-electron chi connectivity index (χ3n) is 4.79. The molecule has 0 N–H and O–H groups in total. The van der Waals surface area contributed by atoms with E-state index in [1.54, 1.807) is 66.7 Å². The topological polar surface area (TPSA) is 80.8 Å². The Bertz CT molecular complexity index is 1260.